The van der Waals surface area contributed by atoms with Gasteiger partial charge in [-0.05, 0) is 30.6 Å². The minimum atomic E-state index is 0.273. The Kier molecular flexibility index (Phi) is 9.13. The van der Waals surface area contributed by atoms with Gasteiger partial charge >= 0.3 is 0 Å². The monoisotopic (exact) mass is 280 g/mol. The largest absolute Gasteiger partial charge is 0.210 e. The summed E-state index contributed by atoms with van der Waals surface area (Å²) in [7, 11) is 0. The minimum absolute atomic E-state index is 0.273. The van der Waals surface area contributed by atoms with Crippen LogP contribution in [-0.4, -0.2) is 6.04 Å². The number of rotatable bonds is 1. The van der Waals surface area contributed by atoms with Crippen molar-refractivity contribution in [2.75, 3.05) is 0 Å². The van der Waals surface area contributed by atoms with Crippen molar-refractivity contribution >= 4 is 0 Å². The molecule has 4 unspecified atom stereocenters. The molecule has 1 saturated carbocycles. The molecule has 0 spiro atoms. The lowest BCUT2D eigenvalue weighted by Crippen LogP contribution is -2.20. The standard InChI is InChI=1S/C18H36N2/c1-15-12-10-8-6-4-5-7-9-11-13-18(20-19)17(3)14-16(15)2/h15-19H,4-14H2,1-3H3. The maximum Gasteiger partial charge on any atom is 0.0731 e. The predicted molar refractivity (Wildman–Crippen MR) is 87.2 cm³/mol. The van der Waals surface area contributed by atoms with Gasteiger partial charge in [-0.15, -0.1) is 0 Å². The molecule has 0 radical (unpaired) electrons. The van der Waals surface area contributed by atoms with Gasteiger partial charge in [0.25, 0.3) is 0 Å². The second-order valence-electron chi connectivity index (χ2n) is 7.27. The summed E-state index contributed by atoms with van der Waals surface area (Å²) < 4.78 is 0. The van der Waals surface area contributed by atoms with Crippen molar-refractivity contribution in [3.63, 3.8) is 0 Å². The molecule has 0 aromatic carbocycles. The van der Waals surface area contributed by atoms with Gasteiger partial charge in [-0.1, -0.05) is 78.6 Å². The molecule has 0 aromatic rings. The molecule has 2 heteroatoms. The molecule has 1 fully saturated rings. The molecule has 0 heterocycles. The van der Waals surface area contributed by atoms with Crippen LogP contribution in [0.15, 0.2) is 5.11 Å². The van der Waals surface area contributed by atoms with Crippen LogP contribution < -0.4 is 0 Å². The van der Waals surface area contributed by atoms with Crippen molar-refractivity contribution in [2.45, 2.75) is 97.4 Å². The molecule has 0 aromatic heterocycles. The fourth-order valence-electron chi connectivity index (χ4n) is 3.62. The van der Waals surface area contributed by atoms with Crippen LogP contribution in [0.1, 0.15) is 91.4 Å². The topological polar surface area (TPSA) is 36.2 Å². The highest BCUT2D eigenvalue weighted by molar-refractivity contribution is 4.75. The van der Waals surface area contributed by atoms with Gasteiger partial charge < -0.3 is 0 Å². The number of nitrogens with zero attached hydrogens (tertiary/aromatic N) is 1. The molecule has 1 N–H and O–H groups in total. The highest BCUT2D eigenvalue weighted by Crippen LogP contribution is 2.29. The summed E-state index contributed by atoms with van der Waals surface area (Å²) in [6, 6.07) is 0.273. The van der Waals surface area contributed by atoms with Crippen molar-refractivity contribution in [3.8, 4) is 0 Å². The summed E-state index contributed by atoms with van der Waals surface area (Å²) in [5.74, 6) is 2.18. The van der Waals surface area contributed by atoms with Crippen LogP contribution in [0.3, 0.4) is 0 Å². The highest BCUT2D eigenvalue weighted by Gasteiger charge is 2.21. The third kappa shape index (κ3) is 6.85. The fourth-order valence-corrected chi connectivity index (χ4v) is 3.62. The van der Waals surface area contributed by atoms with Crippen molar-refractivity contribution in [1.29, 1.82) is 5.53 Å². The van der Waals surface area contributed by atoms with E-state index in [0.717, 1.165) is 18.3 Å². The van der Waals surface area contributed by atoms with Gasteiger partial charge in [-0.3, -0.25) is 0 Å². The molecule has 2 nitrogen and oxygen atoms in total. The fraction of sp³-hybridized carbons (Fsp3) is 1.00. The Morgan fingerprint density at radius 1 is 0.650 bits per heavy atom. The Labute approximate surface area is 126 Å². The molecule has 1 aliphatic carbocycles. The third-order valence-corrected chi connectivity index (χ3v) is 5.45. The van der Waals surface area contributed by atoms with E-state index in [1.54, 1.807) is 0 Å². The van der Waals surface area contributed by atoms with E-state index < -0.39 is 0 Å². The Hall–Kier alpha value is -0.400. The zero-order chi connectivity index (χ0) is 14.8. The first-order chi connectivity index (χ1) is 9.65. The van der Waals surface area contributed by atoms with E-state index in [0.29, 0.717) is 5.92 Å². The SMILES string of the molecule is CC1CCCCCCCCCCC(N=N)C(C)CC1C. The lowest BCUT2D eigenvalue weighted by atomic mass is 9.81. The molecule has 4 atom stereocenters. The summed E-state index contributed by atoms with van der Waals surface area (Å²) in [5.41, 5.74) is 7.47. The summed E-state index contributed by atoms with van der Waals surface area (Å²) in [6.45, 7) is 7.13. The van der Waals surface area contributed by atoms with Gasteiger partial charge in [0.2, 0.25) is 0 Å². The normalized spacial score (nSPS) is 35.8. The highest BCUT2D eigenvalue weighted by atomic mass is 15.0. The molecule has 1 rings (SSSR count). The van der Waals surface area contributed by atoms with Gasteiger partial charge in [0, 0.05) is 0 Å². The number of hydrogen-bond donors (Lipinski definition) is 1. The first kappa shape index (κ1) is 17.7. The van der Waals surface area contributed by atoms with Gasteiger partial charge in [0.05, 0.1) is 6.04 Å². The second-order valence-corrected chi connectivity index (χ2v) is 7.27. The average molecular weight is 280 g/mol. The molecular weight excluding hydrogens is 244 g/mol. The first-order valence-corrected chi connectivity index (χ1v) is 9.01. The van der Waals surface area contributed by atoms with E-state index in [-0.39, 0.29) is 6.04 Å². The number of nitrogens with one attached hydrogen (secondary N) is 1. The Morgan fingerprint density at radius 2 is 1.15 bits per heavy atom. The minimum Gasteiger partial charge on any atom is -0.210 e. The van der Waals surface area contributed by atoms with E-state index in [2.05, 4.69) is 25.9 Å². The predicted octanol–water partition coefficient (Wildman–Crippen LogP) is 6.60. The zero-order valence-corrected chi connectivity index (χ0v) is 14.0. The van der Waals surface area contributed by atoms with Crippen LogP contribution in [0.25, 0.3) is 0 Å². The van der Waals surface area contributed by atoms with Crippen LogP contribution in [0.2, 0.25) is 0 Å². The van der Waals surface area contributed by atoms with Gasteiger partial charge in [0.15, 0.2) is 0 Å². The molecule has 0 aliphatic heterocycles. The van der Waals surface area contributed by atoms with Crippen molar-refractivity contribution in [3.05, 3.63) is 0 Å². The Morgan fingerprint density at radius 3 is 1.70 bits per heavy atom. The molecule has 20 heavy (non-hydrogen) atoms. The molecule has 0 amide bonds. The number of hydrogen-bond acceptors (Lipinski definition) is 2. The van der Waals surface area contributed by atoms with Crippen LogP contribution in [-0.2, 0) is 0 Å². The molecule has 0 bridgehead atoms. The van der Waals surface area contributed by atoms with Gasteiger partial charge in [0.1, 0.15) is 0 Å². The Balaban J connectivity index is 2.51. The van der Waals surface area contributed by atoms with Crippen molar-refractivity contribution in [2.24, 2.45) is 22.9 Å². The van der Waals surface area contributed by atoms with Crippen LogP contribution in [0.4, 0.5) is 0 Å². The van der Waals surface area contributed by atoms with Gasteiger partial charge in [-0.2, -0.15) is 5.11 Å². The smallest absolute Gasteiger partial charge is 0.0731 e. The summed E-state index contributed by atoms with van der Waals surface area (Å²) >= 11 is 0. The van der Waals surface area contributed by atoms with Crippen LogP contribution >= 0.6 is 0 Å². The third-order valence-electron chi connectivity index (χ3n) is 5.45. The van der Waals surface area contributed by atoms with Crippen molar-refractivity contribution in [1.82, 2.24) is 0 Å². The lowest BCUT2D eigenvalue weighted by Gasteiger charge is -2.26. The summed E-state index contributed by atoms with van der Waals surface area (Å²) in [6.07, 6.45) is 14.8. The first-order valence-electron chi connectivity index (χ1n) is 9.01. The molecular formula is C18H36N2. The Bertz CT molecular complexity index is 252. The maximum absolute atomic E-state index is 7.47. The van der Waals surface area contributed by atoms with E-state index in [9.17, 15) is 0 Å². The zero-order valence-electron chi connectivity index (χ0n) is 14.0. The quantitative estimate of drug-likeness (QED) is 0.525. The van der Waals surface area contributed by atoms with E-state index in [4.69, 9.17) is 5.53 Å². The maximum atomic E-state index is 7.47. The van der Waals surface area contributed by atoms with Crippen LogP contribution in [0.5, 0.6) is 0 Å². The molecule has 0 saturated heterocycles. The average Bonchev–Trinajstić information content (AvgIpc) is 2.43. The van der Waals surface area contributed by atoms with E-state index in [1.165, 1.54) is 64.2 Å². The molecule has 1 aliphatic rings. The van der Waals surface area contributed by atoms with E-state index >= 15 is 0 Å². The van der Waals surface area contributed by atoms with Crippen molar-refractivity contribution < 1.29 is 0 Å². The summed E-state index contributed by atoms with van der Waals surface area (Å²) in [5, 5.41) is 3.93. The lowest BCUT2D eigenvalue weighted by molar-refractivity contribution is 0.262. The van der Waals surface area contributed by atoms with E-state index in [1.807, 2.05) is 0 Å². The molecule has 118 valence electrons. The van der Waals surface area contributed by atoms with Gasteiger partial charge in [-0.25, -0.2) is 5.53 Å². The summed E-state index contributed by atoms with van der Waals surface area (Å²) in [4.78, 5) is 0. The second kappa shape index (κ2) is 10.3. The van der Waals surface area contributed by atoms with Crippen LogP contribution in [0, 0.1) is 23.3 Å².